The summed E-state index contributed by atoms with van der Waals surface area (Å²) in [7, 11) is 0. The topological polar surface area (TPSA) is 60.6 Å². The molecule has 0 aliphatic carbocycles. The number of morpholine rings is 1. The maximum absolute atomic E-state index is 12.7. The van der Waals surface area contributed by atoms with Crippen LogP contribution in [0.4, 0.5) is 0 Å². The Labute approximate surface area is 184 Å². The lowest BCUT2D eigenvalue weighted by molar-refractivity contribution is 0.0367. The molecule has 1 saturated heterocycles. The number of hydrogen-bond donors (Lipinski definition) is 2. The second kappa shape index (κ2) is 10.9. The van der Waals surface area contributed by atoms with E-state index in [9.17, 15) is 4.79 Å². The molecule has 0 amide bonds. The van der Waals surface area contributed by atoms with Crippen molar-refractivity contribution in [3.8, 4) is 0 Å². The Kier molecular flexibility index (Phi) is 8.24. The molecule has 0 bridgehead atoms. The zero-order valence-electron chi connectivity index (χ0n) is 18.4. The van der Waals surface area contributed by atoms with E-state index in [1.807, 2.05) is 19.1 Å². The van der Waals surface area contributed by atoms with Gasteiger partial charge in [0.2, 0.25) is 0 Å². The normalized spacial score (nSPS) is 14.9. The number of pyridine rings is 1. The Hall–Kier alpha value is -1.96. The first-order valence-electron chi connectivity index (χ1n) is 10.9. The number of thiocarbonyl (C=S) groups is 1. The number of hydrogen-bond acceptors (Lipinski definition) is 4. The SMILES string of the molecule is Cc1ccc2cc(CN(CCCN3CCOCC3)C(=S)NCC(C)C)c(=O)[nH]c2c1. The van der Waals surface area contributed by atoms with Gasteiger partial charge in [0.1, 0.15) is 0 Å². The predicted molar refractivity (Wildman–Crippen MR) is 127 cm³/mol. The van der Waals surface area contributed by atoms with Gasteiger partial charge in [-0.2, -0.15) is 0 Å². The van der Waals surface area contributed by atoms with E-state index >= 15 is 0 Å². The third kappa shape index (κ3) is 6.52. The lowest BCUT2D eigenvalue weighted by Crippen LogP contribution is -2.43. The van der Waals surface area contributed by atoms with E-state index in [1.165, 1.54) is 0 Å². The van der Waals surface area contributed by atoms with E-state index in [1.54, 1.807) is 0 Å². The largest absolute Gasteiger partial charge is 0.379 e. The molecule has 30 heavy (non-hydrogen) atoms. The van der Waals surface area contributed by atoms with Gasteiger partial charge in [0.15, 0.2) is 5.11 Å². The monoisotopic (exact) mass is 430 g/mol. The number of H-pyrrole nitrogens is 1. The third-order valence-corrected chi connectivity index (χ3v) is 5.80. The van der Waals surface area contributed by atoms with Crippen molar-refractivity contribution in [3.63, 3.8) is 0 Å². The van der Waals surface area contributed by atoms with Crippen LogP contribution in [0.15, 0.2) is 29.1 Å². The van der Waals surface area contributed by atoms with Crippen molar-refractivity contribution in [1.29, 1.82) is 0 Å². The van der Waals surface area contributed by atoms with Gasteiger partial charge in [0.05, 0.1) is 19.8 Å². The number of aromatic amines is 1. The third-order valence-electron chi connectivity index (χ3n) is 5.39. The average Bonchev–Trinajstić information content (AvgIpc) is 2.72. The van der Waals surface area contributed by atoms with Gasteiger partial charge in [-0.15, -0.1) is 0 Å². The summed E-state index contributed by atoms with van der Waals surface area (Å²) in [6, 6.07) is 8.13. The van der Waals surface area contributed by atoms with Gasteiger partial charge >= 0.3 is 0 Å². The molecule has 2 N–H and O–H groups in total. The molecule has 0 unspecified atom stereocenters. The van der Waals surface area contributed by atoms with Gasteiger partial charge in [0.25, 0.3) is 5.56 Å². The molecule has 1 aliphatic rings. The lowest BCUT2D eigenvalue weighted by Gasteiger charge is -2.30. The summed E-state index contributed by atoms with van der Waals surface area (Å²) in [5.74, 6) is 0.505. The molecule has 1 aliphatic heterocycles. The molecule has 0 saturated carbocycles. The van der Waals surface area contributed by atoms with Crippen LogP contribution in [0.1, 0.15) is 31.4 Å². The van der Waals surface area contributed by atoms with E-state index in [-0.39, 0.29) is 5.56 Å². The number of nitrogens with one attached hydrogen (secondary N) is 2. The maximum Gasteiger partial charge on any atom is 0.253 e. The van der Waals surface area contributed by atoms with Crippen molar-refractivity contribution in [2.75, 3.05) is 45.9 Å². The minimum Gasteiger partial charge on any atom is -0.379 e. The van der Waals surface area contributed by atoms with Gasteiger partial charge in [-0.05, 0) is 54.6 Å². The summed E-state index contributed by atoms with van der Waals surface area (Å²) in [5, 5.41) is 5.13. The highest BCUT2D eigenvalue weighted by Crippen LogP contribution is 2.14. The Balaban J connectivity index is 1.71. The van der Waals surface area contributed by atoms with Crippen molar-refractivity contribution in [2.45, 2.75) is 33.7 Å². The fourth-order valence-corrected chi connectivity index (χ4v) is 3.89. The van der Waals surface area contributed by atoms with Gasteiger partial charge in [0, 0.05) is 43.8 Å². The van der Waals surface area contributed by atoms with Gasteiger partial charge < -0.3 is 19.9 Å². The first-order chi connectivity index (χ1) is 14.4. The second-order valence-electron chi connectivity index (χ2n) is 8.52. The Morgan fingerprint density at radius 2 is 2.07 bits per heavy atom. The van der Waals surface area contributed by atoms with Gasteiger partial charge in [-0.25, -0.2) is 0 Å². The van der Waals surface area contributed by atoms with Crippen LogP contribution in [0.25, 0.3) is 10.9 Å². The summed E-state index contributed by atoms with van der Waals surface area (Å²) in [4.78, 5) is 20.3. The molecule has 2 heterocycles. The van der Waals surface area contributed by atoms with Crippen LogP contribution < -0.4 is 10.9 Å². The molecule has 0 spiro atoms. The first-order valence-corrected chi connectivity index (χ1v) is 11.3. The molecule has 1 fully saturated rings. The number of rotatable bonds is 8. The van der Waals surface area contributed by atoms with Crippen molar-refractivity contribution < 1.29 is 4.74 Å². The fraction of sp³-hybridized carbons (Fsp3) is 0.565. The minimum absolute atomic E-state index is 0.0436. The number of fused-ring (bicyclic) bond motifs is 1. The van der Waals surface area contributed by atoms with Crippen LogP contribution in [0.2, 0.25) is 0 Å². The predicted octanol–water partition coefficient (Wildman–Crippen LogP) is 2.89. The van der Waals surface area contributed by atoms with Crippen molar-refractivity contribution in [1.82, 2.24) is 20.1 Å². The van der Waals surface area contributed by atoms with Crippen molar-refractivity contribution in [2.24, 2.45) is 5.92 Å². The molecule has 7 heteroatoms. The number of nitrogens with zero attached hydrogens (tertiary/aromatic N) is 2. The van der Waals surface area contributed by atoms with Crippen LogP contribution >= 0.6 is 12.2 Å². The number of aromatic nitrogens is 1. The molecular formula is C23H34N4O2S. The number of aryl methyl sites for hydroxylation is 1. The lowest BCUT2D eigenvalue weighted by atomic mass is 10.1. The van der Waals surface area contributed by atoms with E-state index in [4.69, 9.17) is 17.0 Å². The molecule has 0 radical (unpaired) electrons. The summed E-state index contributed by atoms with van der Waals surface area (Å²) >= 11 is 5.69. The molecule has 6 nitrogen and oxygen atoms in total. The van der Waals surface area contributed by atoms with E-state index < -0.39 is 0 Å². The zero-order valence-corrected chi connectivity index (χ0v) is 19.2. The molecule has 0 atom stereocenters. The summed E-state index contributed by atoms with van der Waals surface area (Å²) in [6.45, 7) is 13.1. The smallest absolute Gasteiger partial charge is 0.253 e. The number of ether oxygens (including phenoxy) is 1. The second-order valence-corrected chi connectivity index (χ2v) is 8.91. The highest BCUT2D eigenvalue weighted by atomic mass is 32.1. The van der Waals surface area contributed by atoms with Crippen LogP contribution in [0.3, 0.4) is 0 Å². The first kappa shape index (κ1) is 22.7. The van der Waals surface area contributed by atoms with Gasteiger partial charge in [-0.3, -0.25) is 9.69 Å². The molecule has 1 aromatic heterocycles. The molecule has 164 valence electrons. The Morgan fingerprint density at radius 1 is 1.30 bits per heavy atom. The summed E-state index contributed by atoms with van der Waals surface area (Å²) < 4.78 is 5.43. The van der Waals surface area contributed by atoms with Crippen molar-refractivity contribution >= 4 is 28.2 Å². The summed E-state index contributed by atoms with van der Waals surface area (Å²) in [6.07, 6.45) is 0.994. The van der Waals surface area contributed by atoms with Crippen LogP contribution in [0.5, 0.6) is 0 Å². The van der Waals surface area contributed by atoms with Crippen LogP contribution in [-0.4, -0.2) is 65.8 Å². The zero-order chi connectivity index (χ0) is 21.5. The van der Waals surface area contributed by atoms with Crippen LogP contribution in [-0.2, 0) is 11.3 Å². The minimum atomic E-state index is -0.0436. The Bertz CT molecular complexity index is 906. The number of benzene rings is 1. The van der Waals surface area contributed by atoms with E-state index in [0.29, 0.717) is 17.6 Å². The summed E-state index contributed by atoms with van der Waals surface area (Å²) in [5.41, 5.74) is 2.71. The molecule has 1 aromatic carbocycles. The quantitative estimate of drug-likeness (QED) is 0.628. The van der Waals surface area contributed by atoms with Gasteiger partial charge in [-0.1, -0.05) is 26.0 Å². The highest BCUT2D eigenvalue weighted by molar-refractivity contribution is 7.80. The van der Waals surface area contributed by atoms with Crippen molar-refractivity contribution in [3.05, 3.63) is 45.7 Å². The molecular weight excluding hydrogens is 396 g/mol. The molecule has 3 rings (SSSR count). The highest BCUT2D eigenvalue weighted by Gasteiger charge is 2.15. The molecule has 2 aromatic rings. The Morgan fingerprint density at radius 3 is 2.80 bits per heavy atom. The average molecular weight is 431 g/mol. The van der Waals surface area contributed by atoms with Crippen LogP contribution in [0, 0.1) is 12.8 Å². The maximum atomic E-state index is 12.7. The van der Waals surface area contributed by atoms with E-state index in [2.05, 4.69) is 46.1 Å². The fourth-order valence-electron chi connectivity index (χ4n) is 3.65. The van der Waals surface area contributed by atoms with E-state index in [0.717, 1.165) is 74.4 Å². The standard InChI is InChI=1S/C23H34N4O2S/c1-17(2)15-24-23(30)27(8-4-7-26-9-11-29-12-10-26)16-20-14-19-6-5-18(3)13-21(19)25-22(20)28/h5-6,13-14,17H,4,7-12,15-16H2,1-3H3,(H,24,30)(H,25,28).